The monoisotopic (exact) mass is 254 g/mol. The van der Waals surface area contributed by atoms with Crippen molar-refractivity contribution in [2.45, 2.75) is 63.5 Å². The third-order valence-corrected chi connectivity index (χ3v) is 4.57. The Bertz CT molecular complexity index is 275. The molecule has 1 saturated heterocycles. The Hall–Kier alpha value is -0.610. The minimum absolute atomic E-state index is 0.0808. The fourth-order valence-electron chi connectivity index (χ4n) is 3.30. The molecule has 1 atom stereocenters. The van der Waals surface area contributed by atoms with Crippen LogP contribution in [-0.4, -0.2) is 41.1 Å². The number of hydrogen-bond acceptors (Lipinski definition) is 3. The molecule has 1 amide bonds. The molecule has 1 unspecified atom stereocenters. The highest BCUT2D eigenvalue weighted by Gasteiger charge is 2.28. The normalized spacial score (nSPS) is 32.8. The summed E-state index contributed by atoms with van der Waals surface area (Å²) in [5.41, 5.74) is 5.89. The highest BCUT2D eigenvalue weighted by Crippen LogP contribution is 2.28. The van der Waals surface area contributed by atoms with E-state index in [-0.39, 0.29) is 18.6 Å². The van der Waals surface area contributed by atoms with Crippen LogP contribution in [0.25, 0.3) is 0 Å². The third kappa shape index (κ3) is 3.45. The molecule has 4 heteroatoms. The van der Waals surface area contributed by atoms with Crippen molar-refractivity contribution in [2.24, 2.45) is 11.7 Å². The van der Waals surface area contributed by atoms with Gasteiger partial charge < -0.3 is 15.7 Å². The predicted octanol–water partition coefficient (Wildman–Crippen LogP) is 1.27. The van der Waals surface area contributed by atoms with E-state index in [1.165, 1.54) is 12.8 Å². The van der Waals surface area contributed by atoms with Crippen LogP contribution in [0, 0.1) is 5.92 Å². The predicted molar refractivity (Wildman–Crippen MR) is 71.0 cm³/mol. The number of rotatable bonds is 4. The van der Waals surface area contributed by atoms with E-state index in [0.717, 1.165) is 38.6 Å². The van der Waals surface area contributed by atoms with Crippen molar-refractivity contribution in [1.29, 1.82) is 0 Å². The maximum atomic E-state index is 12.1. The fourth-order valence-corrected chi connectivity index (χ4v) is 3.30. The van der Waals surface area contributed by atoms with E-state index in [2.05, 4.69) is 0 Å². The second-order valence-electron chi connectivity index (χ2n) is 5.89. The zero-order valence-corrected chi connectivity index (χ0v) is 11.2. The largest absolute Gasteiger partial charge is 0.394 e. The molecule has 0 radical (unpaired) electrons. The first-order chi connectivity index (χ1) is 8.70. The molecule has 18 heavy (non-hydrogen) atoms. The molecule has 1 aliphatic heterocycles. The lowest BCUT2D eigenvalue weighted by molar-refractivity contribution is -0.133. The maximum Gasteiger partial charge on any atom is 0.222 e. The van der Waals surface area contributed by atoms with E-state index in [0.29, 0.717) is 18.4 Å². The van der Waals surface area contributed by atoms with Crippen LogP contribution in [0.5, 0.6) is 0 Å². The molecule has 104 valence electrons. The molecule has 3 N–H and O–H groups in total. The molecule has 2 aliphatic rings. The molecule has 0 aromatic carbocycles. The van der Waals surface area contributed by atoms with E-state index < -0.39 is 0 Å². The summed E-state index contributed by atoms with van der Waals surface area (Å²) < 4.78 is 0. The van der Waals surface area contributed by atoms with E-state index in [9.17, 15) is 9.90 Å². The summed E-state index contributed by atoms with van der Waals surface area (Å²) in [6.07, 6.45) is 8.23. The van der Waals surface area contributed by atoms with Gasteiger partial charge in [0, 0.05) is 19.0 Å². The van der Waals surface area contributed by atoms with E-state index >= 15 is 0 Å². The lowest BCUT2D eigenvalue weighted by atomic mass is 9.83. The number of nitrogens with zero attached hydrogens (tertiary/aromatic N) is 1. The Morgan fingerprint density at radius 3 is 2.61 bits per heavy atom. The van der Waals surface area contributed by atoms with Crippen LogP contribution in [0.2, 0.25) is 0 Å². The summed E-state index contributed by atoms with van der Waals surface area (Å²) in [5, 5.41) is 9.22. The smallest absolute Gasteiger partial charge is 0.222 e. The molecule has 2 rings (SSSR count). The highest BCUT2D eigenvalue weighted by atomic mass is 16.3. The van der Waals surface area contributed by atoms with Gasteiger partial charge in [0.05, 0.1) is 12.6 Å². The Morgan fingerprint density at radius 1 is 1.22 bits per heavy atom. The van der Waals surface area contributed by atoms with E-state index in [1.54, 1.807) is 0 Å². The number of hydrogen-bond donors (Lipinski definition) is 2. The zero-order valence-electron chi connectivity index (χ0n) is 11.2. The van der Waals surface area contributed by atoms with Gasteiger partial charge in [-0.25, -0.2) is 0 Å². The summed E-state index contributed by atoms with van der Waals surface area (Å²) in [4.78, 5) is 14.0. The van der Waals surface area contributed by atoms with Crippen LogP contribution in [0.3, 0.4) is 0 Å². The molecular formula is C14H26N2O2. The second kappa shape index (κ2) is 6.53. The fraction of sp³-hybridized carbons (Fsp3) is 0.929. The van der Waals surface area contributed by atoms with Gasteiger partial charge in [-0.05, 0) is 50.9 Å². The lowest BCUT2D eigenvalue weighted by Gasteiger charge is -2.27. The number of carbonyl (C=O) groups is 1. The standard InChI is InChI=1S/C14H26N2O2/c15-12-6-3-11(4-7-12)5-8-14(18)16-9-1-2-13(16)10-17/h11-13,17H,1-10,15H2. The zero-order chi connectivity index (χ0) is 13.0. The SMILES string of the molecule is NC1CCC(CCC(=O)N2CCCC2CO)CC1. The summed E-state index contributed by atoms with van der Waals surface area (Å²) >= 11 is 0. The van der Waals surface area contributed by atoms with Crippen molar-refractivity contribution in [2.75, 3.05) is 13.2 Å². The average Bonchev–Trinajstić information content (AvgIpc) is 2.86. The number of nitrogens with two attached hydrogens (primary N) is 1. The molecule has 0 bridgehead atoms. The number of carbonyl (C=O) groups excluding carboxylic acids is 1. The van der Waals surface area contributed by atoms with Crippen molar-refractivity contribution in [3.63, 3.8) is 0 Å². The van der Waals surface area contributed by atoms with Gasteiger partial charge in [0.1, 0.15) is 0 Å². The summed E-state index contributed by atoms with van der Waals surface area (Å²) in [6, 6.07) is 0.464. The van der Waals surface area contributed by atoms with Crippen LogP contribution in [-0.2, 0) is 4.79 Å². The van der Waals surface area contributed by atoms with Gasteiger partial charge in [-0.3, -0.25) is 4.79 Å². The molecular weight excluding hydrogens is 228 g/mol. The summed E-state index contributed by atoms with van der Waals surface area (Å²) in [5.74, 6) is 0.922. The van der Waals surface area contributed by atoms with Crippen LogP contribution < -0.4 is 5.73 Å². The molecule has 0 aromatic rings. The van der Waals surface area contributed by atoms with Gasteiger partial charge in [0.25, 0.3) is 0 Å². The average molecular weight is 254 g/mol. The van der Waals surface area contributed by atoms with Crippen LogP contribution in [0.15, 0.2) is 0 Å². The van der Waals surface area contributed by atoms with Gasteiger partial charge in [0.15, 0.2) is 0 Å². The number of aliphatic hydroxyl groups excluding tert-OH is 1. The molecule has 1 aliphatic carbocycles. The van der Waals surface area contributed by atoms with Crippen molar-refractivity contribution in [1.82, 2.24) is 4.90 Å². The van der Waals surface area contributed by atoms with E-state index in [4.69, 9.17) is 5.73 Å². The minimum atomic E-state index is 0.0808. The number of likely N-dealkylation sites (tertiary alicyclic amines) is 1. The van der Waals surface area contributed by atoms with Crippen LogP contribution in [0.1, 0.15) is 51.4 Å². The molecule has 2 fully saturated rings. The van der Waals surface area contributed by atoms with Crippen molar-refractivity contribution >= 4 is 5.91 Å². The first-order valence-electron chi connectivity index (χ1n) is 7.36. The molecule has 1 saturated carbocycles. The van der Waals surface area contributed by atoms with Gasteiger partial charge in [-0.2, -0.15) is 0 Å². The highest BCUT2D eigenvalue weighted by molar-refractivity contribution is 5.76. The molecule has 1 heterocycles. The first kappa shape index (κ1) is 13.8. The maximum absolute atomic E-state index is 12.1. The topological polar surface area (TPSA) is 66.6 Å². The van der Waals surface area contributed by atoms with Gasteiger partial charge in [-0.15, -0.1) is 0 Å². The van der Waals surface area contributed by atoms with Gasteiger partial charge in [-0.1, -0.05) is 0 Å². The first-order valence-corrected chi connectivity index (χ1v) is 7.36. The van der Waals surface area contributed by atoms with Crippen molar-refractivity contribution in [3.8, 4) is 0 Å². The third-order valence-electron chi connectivity index (χ3n) is 4.57. The van der Waals surface area contributed by atoms with Crippen LogP contribution >= 0.6 is 0 Å². The van der Waals surface area contributed by atoms with Crippen molar-refractivity contribution in [3.05, 3.63) is 0 Å². The molecule has 0 spiro atoms. The molecule has 4 nitrogen and oxygen atoms in total. The van der Waals surface area contributed by atoms with Crippen molar-refractivity contribution < 1.29 is 9.90 Å². The quantitative estimate of drug-likeness (QED) is 0.794. The Labute approximate surface area is 110 Å². The number of amides is 1. The Kier molecular flexibility index (Phi) is 5.01. The van der Waals surface area contributed by atoms with Gasteiger partial charge >= 0.3 is 0 Å². The van der Waals surface area contributed by atoms with Crippen LogP contribution in [0.4, 0.5) is 0 Å². The lowest BCUT2D eigenvalue weighted by Crippen LogP contribution is -2.37. The van der Waals surface area contributed by atoms with Gasteiger partial charge in [0.2, 0.25) is 5.91 Å². The summed E-state index contributed by atoms with van der Waals surface area (Å²) in [6.45, 7) is 0.948. The number of aliphatic hydroxyl groups is 1. The summed E-state index contributed by atoms with van der Waals surface area (Å²) in [7, 11) is 0. The molecule has 0 aromatic heterocycles. The van der Waals surface area contributed by atoms with E-state index in [1.807, 2.05) is 4.90 Å². The minimum Gasteiger partial charge on any atom is -0.394 e. The Morgan fingerprint density at radius 2 is 1.94 bits per heavy atom. The second-order valence-corrected chi connectivity index (χ2v) is 5.89. The Balaban J connectivity index is 1.71.